The van der Waals surface area contributed by atoms with Crippen molar-refractivity contribution >= 4 is 28.4 Å². The van der Waals surface area contributed by atoms with Crippen molar-refractivity contribution < 1.29 is 27.4 Å². The molecule has 0 aliphatic carbocycles. The predicted molar refractivity (Wildman–Crippen MR) is 120 cm³/mol. The number of fused-ring (bicyclic) bond motifs is 1. The van der Waals surface area contributed by atoms with Crippen LogP contribution >= 0.6 is 11.8 Å². The number of nitrogens with zero attached hydrogens (tertiary/aromatic N) is 1. The van der Waals surface area contributed by atoms with Gasteiger partial charge in [0, 0.05) is 22.5 Å². The van der Waals surface area contributed by atoms with E-state index in [0.29, 0.717) is 22.3 Å². The summed E-state index contributed by atoms with van der Waals surface area (Å²) in [7, 11) is 1.23. The molecular formula is C23H24F4N2O2S. The average Bonchev–Trinajstić information content (AvgIpc) is 2.75. The molecule has 2 atom stereocenters. The third-order valence-electron chi connectivity index (χ3n) is 5.17. The van der Waals surface area contributed by atoms with Crippen LogP contribution in [-0.2, 0) is 0 Å². The van der Waals surface area contributed by atoms with Crippen molar-refractivity contribution in [3.8, 4) is 5.75 Å². The highest BCUT2D eigenvalue weighted by Gasteiger charge is 2.59. The van der Waals surface area contributed by atoms with Crippen molar-refractivity contribution in [2.45, 2.75) is 31.7 Å². The highest BCUT2D eigenvalue weighted by molar-refractivity contribution is 7.99. The van der Waals surface area contributed by atoms with Crippen LogP contribution in [0, 0.1) is 12.7 Å². The first-order valence-electron chi connectivity index (χ1n) is 9.94. The van der Waals surface area contributed by atoms with Crippen molar-refractivity contribution in [3.05, 3.63) is 65.6 Å². The second kappa shape index (κ2) is 9.54. The van der Waals surface area contributed by atoms with Gasteiger partial charge in [0.05, 0.1) is 18.7 Å². The molecule has 2 aromatic carbocycles. The third-order valence-corrected chi connectivity index (χ3v) is 6.23. The normalized spacial score (nSPS) is 14.8. The zero-order chi connectivity index (χ0) is 23.5. The Kier molecular flexibility index (Phi) is 7.19. The SMILES string of the molecule is CCSCC(O)(C(Nc1cccc2nc(C)ccc12)c1ccc(F)c(OC)c1)C(F)(F)F. The fourth-order valence-corrected chi connectivity index (χ4v) is 4.30. The van der Waals surface area contributed by atoms with E-state index in [2.05, 4.69) is 10.3 Å². The molecule has 4 nitrogen and oxygen atoms in total. The highest BCUT2D eigenvalue weighted by Crippen LogP contribution is 2.45. The van der Waals surface area contributed by atoms with E-state index in [4.69, 9.17) is 4.74 Å². The van der Waals surface area contributed by atoms with Crippen LogP contribution in [0.5, 0.6) is 5.75 Å². The molecule has 0 bridgehead atoms. The maximum absolute atomic E-state index is 14.3. The van der Waals surface area contributed by atoms with Crippen molar-refractivity contribution in [1.82, 2.24) is 4.98 Å². The van der Waals surface area contributed by atoms with Gasteiger partial charge in [0.2, 0.25) is 0 Å². The minimum Gasteiger partial charge on any atom is -0.494 e. The van der Waals surface area contributed by atoms with Gasteiger partial charge < -0.3 is 15.2 Å². The number of rotatable bonds is 8. The maximum Gasteiger partial charge on any atom is 0.420 e. The summed E-state index contributed by atoms with van der Waals surface area (Å²) in [6, 6.07) is 10.4. The van der Waals surface area contributed by atoms with Gasteiger partial charge in [-0.15, -0.1) is 0 Å². The van der Waals surface area contributed by atoms with Crippen LogP contribution in [0.25, 0.3) is 10.9 Å². The van der Waals surface area contributed by atoms with E-state index >= 15 is 0 Å². The van der Waals surface area contributed by atoms with Crippen LogP contribution in [0.1, 0.15) is 24.2 Å². The molecule has 2 unspecified atom stereocenters. The molecule has 0 spiro atoms. The molecule has 9 heteroatoms. The lowest BCUT2D eigenvalue weighted by molar-refractivity contribution is -0.256. The number of thioether (sulfide) groups is 1. The first-order valence-corrected chi connectivity index (χ1v) is 11.1. The number of anilines is 1. The summed E-state index contributed by atoms with van der Waals surface area (Å²) in [6.45, 7) is 3.53. The average molecular weight is 469 g/mol. The number of aliphatic hydroxyl groups is 1. The van der Waals surface area contributed by atoms with Gasteiger partial charge in [-0.25, -0.2) is 4.39 Å². The van der Waals surface area contributed by atoms with Gasteiger partial charge in [0.1, 0.15) is 0 Å². The number of pyridine rings is 1. The minimum atomic E-state index is -4.96. The molecule has 1 heterocycles. The van der Waals surface area contributed by atoms with Crippen molar-refractivity contribution in [3.63, 3.8) is 0 Å². The zero-order valence-electron chi connectivity index (χ0n) is 17.8. The monoisotopic (exact) mass is 468 g/mol. The number of halogens is 4. The molecule has 0 saturated carbocycles. The molecule has 1 aromatic heterocycles. The largest absolute Gasteiger partial charge is 0.494 e. The number of aryl methyl sites for hydroxylation is 1. The second-order valence-electron chi connectivity index (χ2n) is 7.36. The standard InChI is InChI=1S/C23H24F4N2O2S/c1-4-32-13-22(30,23(25,26)27)21(15-9-11-17(24)20(12-15)31-3)29-19-7-5-6-18-16(19)10-8-14(2)28-18/h5-12,21,29-30H,4,13H2,1-3H3. The molecule has 2 N–H and O–H groups in total. The molecule has 0 amide bonds. The van der Waals surface area contributed by atoms with Crippen molar-refractivity contribution in [2.24, 2.45) is 0 Å². The molecule has 0 radical (unpaired) electrons. The van der Waals surface area contributed by atoms with E-state index in [1.54, 1.807) is 37.3 Å². The zero-order valence-corrected chi connectivity index (χ0v) is 18.6. The lowest BCUT2D eigenvalue weighted by Crippen LogP contribution is -2.54. The van der Waals surface area contributed by atoms with Gasteiger partial charge in [-0.3, -0.25) is 4.98 Å². The van der Waals surface area contributed by atoms with Crippen LogP contribution in [-0.4, -0.2) is 40.5 Å². The molecule has 0 saturated heterocycles. The minimum absolute atomic E-state index is 0.0388. The molecular weight excluding hydrogens is 444 g/mol. The van der Waals surface area contributed by atoms with Gasteiger partial charge in [-0.1, -0.05) is 19.1 Å². The van der Waals surface area contributed by atoms with E-state index in [1.165, 1.54) is 19.2 Å². The number of aromatic nitrogens is 1. The van der Waals surface area contributed by atoms with Crippen LogP contribution in [0.2, 0.25) is 0 Å². The van der Waals surface area contributed by atoms with Gasteiger partial charge in [0.15, 0.2) is 17.2 Å². The Morgan fingerprint density at radius 1 is 1.16 bits per heavy atom. The third kappa shape index (κ3) is 4.78. The van der Waals surface area contributed by atoms with Crippen molar-refractivity contribution in [2.75, 3.05) is 23.9 Å². The van der Waals surface area contributed by atoms with Gasteiger partial charge in [0.25, 0.3) is 0 Å². The molecule has 0 fully saturated rings. The van der Waals surface area contributed by atoms with Gasteiger partial charge in [-0.05, 0) is 54.6 Å². The van der Waals surface area contributed by atoms with Crippen LogP contribution < -0.4 is 10.1 Å². The fourth-order valence-electron chi connectivity index (χ4n) is 3.46. The molecule has 0 aliphatic heterocycles. The van der Waals surface area contributed by atoms with E-state index in [0.717, 1.165) is 23.5 Å². The number of nitrogens with one attached hydrogen (secondary N) is 1. The number of benzene rings is 2. The number of methoxy groups -OCH3 is 1. The number of hydrogen-bond acceptors (Lipinski definition) is 5. The Labute approximate surface area is 188 Å². The Morgan fingerprint density at radius 2 is 1.91 bits per heavy atom. The summed E-state index contributed by atoms with van der Waals surface area (Å²) in [6.07, 6.45) is -4.96. The Bertz CT molecular complexity index is 1090. The first kappa shape index (κ1) is 24.1. The Hall–Kier alpha value is -2.52. The Morgan fingerprint density at radius 3 is 2.56 bits per heavy atom. The molecule has 3 aromatic rings. The highest BCUT2D eigenvalue weighted by atomic mass is 32.2. The fraction of sp³-hybridized carbons (Fsp3) is 0.348. The number of hydrogen-bond donors (Lipinski definition) is 2. The quantitative estimate of drug-likeness (QED) is 0.404. The lowest BCUT2D eigenvalue weighted by Gasteiger charge is -2.39. The molecule has 172 valence electrons. The number of ether oxygens (including phenoxy) is 1. The maximum atomic E-state index is 14.3. The van der Waals surface area contributed by atoms with Crippen LogP contribution in [0.15, 0.2) is 48.5 Å². The summed E-state index contributed by atoms with van der Waals surface area (Å²) < 4.78 is 61.8. The van der Waals surface area contributed by atoms with E-state index in [-0.39, 0.29) is 11.3 Å². The van der Waals surface area contributed by atoms with Crippen LogP contribution in [0.4, 0.5) is 23.2 Å². The van der Waals surface area contributed by atoms with Gasteiger partial charge >= 0.3 is 6.18 Å². The van der Waals surface area contributed by atoms with E-state index in [9.17, 15) is 22.7 Å². The molecule has 3 rings (SSSR count). The molecule has 0 aliphatic rings. The summed E-state index contributed by atoms with van der Waals surface area (Å²) in [4.78, 5) is 4.42. The Balaban J connectivity index is 2.19. The molecule has 32 heavy (non-hydrogen) atoms. The first-order chi connectivity index (χ1) is 15.1. The lowest BCUT2D eigenvalue weighted by atomic mass is 9.88. The number of alkyl halides is 3. The predicted octanol–water partition coefficient (Wildman–Crippen LogP) is 5.89. The van der Waals surface area contributed by atoms with Crippen molar-refractivity contribution in [1.29, 1.82) is 0 Å². The summed E-state index contributed by atoms with van der Waals surface area (Å²) in [5.41, 5.74) is -1.37. The van der Waals surface area contributed by atoms with Crippen LogP contribution in [0.3, 0.4) is 0 Å². The second-order valence-corrected chi connectivity index (χ2v) is 8.63. The van der Waals surface area contributed by atoms with Gasteiger partial charge in [-0.2, -0.15) is 24.9 Å². The van der Waals surface area contributed by atoms with E-state index in [1.807, 2.05) is 6.92 Å². The smallest absolute Gasteiger partial charge is 0.420 e. The van der Waals surface area contributed by atoms with E-state index < -0.39 is 29.4 Å². The topological polar surface area (TPSA) is 54.4 Å². The summed E-state index contributed by atoms with van der Waals surface area (Å²) in [5, 5.41) is 14.5. The summed E-state index contributed by atoms with van der Waals surface area (Å²) >= 11 is 0.966. The summed E-state index contributed by atoms with van der Waals surface area (Å²) in [5.74, 6) is -1.14.